The lowest BCUT2D eigenvalue weighted by molar-refractivity contribution is -0.132. The number of amides is 1. The van der Waals surface area contributed by atoms with Gasteiger partial charge in [-0.2, -0.15) is 0 Å². The Bertz CT molecular complexity index is 1480. The van der Waals surface area contributed by atoms with Crippen LogP contribution in [0.2, 0.25) is 0 Å². The summed E-state index contributed by atoms with van der Waals surface area (Å²) < 4.78 is 16.4. The van der Waals surface area contributed by atoms with Gasteiger partial charge >= 0.3 is 11.9 Å². The Balaban J connectivity index is 1.85. The van der Waals surface area contributed by atoms with Gasteiger partial charge in [-0.3, -0.25) is 14.5 Å². The number of aryl methyl sites for hydroxylation is 1. The van der Waals surface area contributed by atoms with Crippen LogP contribution in [0.3, 0.4) is 0 Å². The van der Waals surface area contributed by atoms with Crippen LogP contribution in [0.25, 0.3) is 5.76 Å². The number of aliphatic hydroxyl groups is 1. The molecule has 0 radical (unpaired) electrons. The molecule has 11 heteroatoms. The van der Waals surface area contributed by atoms with Gasteiger partial charge < -0.3 is 24.4 Å². The van der Waals surface area contributed by atoms with Gasteiger partial charge in [-0.15, -0.1) is 0 Å². The lowest BCUT2D eigenvalue weighted by Gasteiger charge is -2.23. The first-order chi connectivity index (χ1) is 19.7. The molecule has 2 N–H and O–H groups in total. The van der Waals surface area contributed by atoms with E-state index in [1.165, 1.54) is 18.2 Å². The second-order valence-corrected chi connectivity index (χ2v) is 10.2. The number of phenols is 1. The molecule has 1 unspecified atom stereocenters. The Labute approximate surface area is 241 Å². The largest absolute Gasteiger partial charge is 0.507 e. The predicted octanol–water partition coefficient (Wildman–Crippen LogP) is 5.54. The smallest absolute Gasteiger partial charge is 0.350 e. The zero-order valence-corrected chi connectivity index (χ0v) is 24.1. The van der Waals surface area contributed by atoms with Gasteiger partial charge in [-0.1, -0.05) is 30.7 Å². The molecular formula is C30H32N2O8S. The third-order valence-corrected chi connectivity index (χ3v) is 7.53. The number of aromatic hydroxyl groups is 1. The first kappa shape index (κ1) is 29.6. The van der Waals surface area contributed by atoms with E-state index in [4.69, 9.17) is 14.2 Å². The first-order valence-corrected chi connectivity index (χ1v) is 14.2. The van der Waals surface area contributed by atoms with E-state index < -0.39 is 23.7 Å². The van der Waals surface area contributed by atoms with E-state index in [9.17, 15) is 24.6 Å². The number of thiazole rings is 1. The number of aliphatic hydroxyl groups excluding tert-OH is 1. The number of benzene rings is 2. The van der Waals surface area contributed by atoms with E-state index in [-0.39, 0.29) is 46.1 Å². The second kappa shape index (κ2) is 12.9. The molecule has 1 atom stereocenters. The van der Waals surface area contributed by atoms with Gasteiger partial charge in [0, 0.05) is 5.56 Å². The van der Waals surface area contributed by atoms with Crippen molar-refractivity contribution in [3.8, 4) is 17.2 Å². The average Bonchev–Trinajstić information content (AvgIpc) is 3.46. The molecule has 0 aliphatic carbocycles. The van der Waals surface area contributed by atoms with Gasteiger partial charge in [0.25, 0.3) is 5.78 Å². The van der Waals surface area contributed by atoms with Crippen molar-refractivity contribution in [2.75, 3.05) is 24.7 Å². The number of esters is 1. The highest BCUT2D eigenvalue weighted by Crippen LogP contribution is 2.45. The Kier molecular flexibility index (Phi) is 9.28. The highest BCUT2D eigenvalue weighted by molar-refractivity contribution is 7.17. The average molecular weight is 581 g/mol. The summed E-state index contributed by atoms with van der Waals surface area (Å²) in [6, 6.07) is 9.87. The number of carbonyl (C=O) groups is 3. The van der Waals surface area contributed by atoms with Crippen molar-refractivity contribution in [1.82, 2.24) is 4.98 Å². The number of unbranched alkanes of at least 4 members (excludes halogenated alkanes) is 1. The quantitative estimate of drug-likeness (QED) is 0.0985. The number of rotatable bonds is 11. The SMILES string of the molecule is CCCCOc1ccc(/C(O)=C2\C(=O)C(=O)N(c3nc(C)c(C(=O)OCC)s3)C2c2ccc(O)c(OCC)c2)cc1. The van der Waals surface area contributed by atoms with Crippen LogP contribution in [0.4, 0.5) is 5.13 Å². The molecule has 10 nitrogen and oxygen atoms in total. The Hall–Kier alpha value is -4.38. The van der Waals surface area contributed by atoms with Gasteiger partial charge in [0.15, 0.2) is 16.6 Å². The van der Waals surface area contributed by atoms with Gasteiger partial charge in [-0.25, -0.2) is 9.78 Å². The van der Waals surface area contributed by atoms with E-state index in [1.54, 1.807) is 45.0 Å². The van der Waals surface area contributed by atoms with Crippen LogP contribution in [-0.2, 0) is 14.3 Å². The minimum absolute atomic E-state index is 0.0856. The number of aromatic nitrogens is 1. The highest BCUT2D eigenvalue weighted by atomic mass is 32.1. The lowest BCUT2D eigenvalue weighted by Crippen LogP contribution is -2.29. The molecule has 0 spiro atoms. The van der Waals surface area contributed by atoms with Crippen molar-refractivity contribution in [1.29, 1.82) is 0 Å². The zero-order valence-electron chi connectivity index (χ0n) is 23.3. The number of nitrogens with zero attached hydrogens (tertiary/aromatic N) is 2. The summed E-state index contributed by atoms with van der Waals surface area (Å²) in [5.41, 5.74) is 0.857. The number of carbonyl (C=O) groups excluding carboxylic acids is 3. The standard InChI is InChI=1S/C30H32N2O8S/c1-5-8-15-40-20-12-9-18(10-13-20)25(34)23-24(19-11-14-21(33)22(16-19)38-6-2)32(28(36)26(23)35)30-31-17(4)27(41-30)29(37)39-7-3/h9-14,16,24,33-34H,5-8,15H2,1-4H3/b25-23+. The minimum atomic E-state index is -1.13. The number of phenolic OH excluding ortho intramolecular Hbond substituents is 1. The number of Topliss-reactive ketones (excluding diaryl/α,β-unsaturated/α-hetero) is 1. The maximum atomic E-state index is 13.5. The molecule has 41 heavy (non-hydrogen) atoms. The fourth-order valence-electron chi connectivity index (χ4n) is 4.39. The van der Waals surface area contributed by atoms with Crippen LogP contribution in [0.1, 0.15) is 66.1 Å². The third-order valence-electron chi connectivity index (χ3n) is 6.39. The summed E-state index contributed by atoms with van der Waals surface area (Å²) in [7, 11) is 0. The first-order valence-electron chi connectivity index (χ1n) is 13.4. The van der Waals surface area contributed by atoms with Crippen LogP contribution < -0.4 is 14.4 Å². The summed E-state index contributed by atoms with van der Waals surface area (Å²) in [6.45, 7) is 8.07. The van der Waals surface area contributed by atoms with Crippen LogP contribution in [-0.4, -0.2) is 52.7 Å². The van der Waals surface area contributed by atoms with Crippen LogP contribution >= 0.6 is 11.3 Å². The molecule has 2 heterocycles. The topological polar surface area (TPSA) is 135 Å². The number of ketones is 1. The van der Waals surface area contributed by atoms with Gasteiger partial charge in [-0.05, 0) is 69.2 Å². The summed E-state index contributed by atoms with van der Waals surface area (Å²) in [5, 5.41) is 21.8. The van der Waals surface area contributed by atoms with Crippen LogP contribution in [0.15, 0.2) is 48.0 Å². The molecule has 1 aliphatic rings. The van der Waals surface area contributed by atoms with E-state index >= 15 is 0 Å². The maximum absolute atomic E-state index is 13.5. The van der Waals surface area contributed by atoms with E-state index in [2.05, 4.69) is 11.9 Å². The summed E-state index contributed by atoms with van der Waals surface area (Å²) >= 11 is 0.913. The summed E-state index contributed by atoms with van der Waals surface area (Å²) in [4.78, 5) is 45.3. The monoisotopic (exact) mass is 580 g/mol. The van der Waals surface area contributed by atoms with E-state index in [0.29, 0.717) is 29.2 Å². The highest BCUT2D eigenvalue weighted by Gasteiger charge is 2.48. The number of hydrogen-bond acceptors (Lipinski definition) is 10. The van der Waals surface area contributed by atoms with Crippen molar-refractivity contribution in [3.63, 3.8) is 0 Å². The maximum Gasteiger partial charge on any atom is 0.350 e. The molecule has 0 saturated carbocycles. The summed E-state index contributed by atoms with van der Waals surface area (Å²) in [6.07, 6.45) is 1.89. The molecule has 1 fully saturated rings. The molecule has 2 aromatic carbocycles. The van der Waals surface area contributed by atoms with E-state index in [1.807, 2.05) is 0 Å². The van der Waals surface area contributed by atoms with Crippen molar-refractivity contribution in [3.05, 3.63) is 69.7 Å². The van der Waals surface area contributed by atoms with E-state index in [0.717, 1.165) is 29.1 Å². The molecule has 3 aromatic rings. The van der Waals surface area contributed by atoms with Gasteiger partial charge in [0.1, 0.15) is 16.4 Å². The Morgan fingerprint density at radius 2 is 1.78 bits per heavy atom. The summed E-state index contributed by atoms with van der Waals surface area (Å²) in [5.74, 6) is -2.20. The second-order valence-electron chi connectivity index (χ2n) is 9.19. The van der Waals surface area contributed by atoms with Crippen molar-refractivity contribution in [2.45, 2.75) is 46.6 Å². The number of ether oxygens (including phenoxy) is 3. The normalized spacial score (nSPS) is 16.2. The third kappa shape index (κ3) is 6.04. The van der Waals surface area contributed by atoms with Crippen LogP contribution in [0, 0.1) is 6.92 Å². The van der Waals surface area contributed by atoms with Crippen molar-refractivity contribution < 1.29 is 38.8 Å². The Morgan fingerprint density at radius 3 is 2.44 bits per heavy atom. The molecule has 0 bridgehead atoms. The minimum Gasteiger partial charge on any atom is -0.507 e. The van der Waals surface area contributed by atoms with Gasteiger partial charge in [0.2, 0.25) is 0 Å². The fraction of sp³-hybridized carbons (Fsp3) is 0.333. The number of anilines is 1. The van der Waals surface area contributed by atoms with Crippen LogP contribution in [0.5, 0.6) is 17.2 Å². The number of hydrogen-bond donors (Lipinski definition) is 2. The Morgan fingerprint density at radius 1 is 1.05 bits per heavy atom. The molecule has 1 aromatic heterocycles. The molecule has 1 amide bonds. The van der Waals surface area contributed by atoms with Crippen molar-refractivity contribution >= 4 is 39.9 Å². The molecule has 1 aliphatic heterocycles. The molecule has 1 saturated heterocycles. The predicted molar refractivity (Wildman–Crippen MR) is 154 cm³/mol. The van der Waals surface area contributed by atoms with Crippen molar-refractivity contribution in [2.24, 2.45) is 0 Å². The molecular weight excluding hydrogens is 548 g/mol. The molecule has 216 valence electrons. The fourth-order valence-corrected chi connectivity index (χ4v) is 5.37. The molecule has 4 rings (SSSR count). The van der Waals surface area contributed by atoms with Gasteiger partial charge in [0.05, 0.1) is 37.1 Å². The zero-order chi connectivity index (χ0) is 29.7. The lowest BCUT2D eigenvalue weighted by atomic mass is 9.95.